The Balaban J connectivity index is 2.27. The van der Waals surface area contributed by atoms with Crippen LogP contribution in [0.3, 0.4) is 0 Å². The summed E-state index contributed by atoms with van der Waals surface area (Å²) in [5.74, 6) is 0.312. The molecule has 20 heavy (non-hydrogen) atoms. The lowest BCUT2D eigenvalue weighted by atomic mass is 9.73. The summed E-state index contributed by atoms with van der Waals surface area (Å²) in [6.07, 6.45) is 1.25. The van der Waals surface area contributed by atoms with Gasteiger partial charge >= 0.3 is 0 Å². The second-order valence-corrected chi connectivity index (χ2v) is 13.5. The van der Waals surface area contributed by atoms with Crippen molar-refractivity contribution in [3.63, 3.8) is 0 Å². The van der Waals surface area contributed by atoms with E-state index >= 15 is 0 Å². The van der Waals surface area contributed by atoms with Crippen molar-refractivity contribution in [3.05, 3.63) is 0 Å². The zero-order chi connectivity index (χ0) is 15.6. The predicted octanol–water partition coefficient (Wildman–Crippen LogP) is 3.72. The van der Waals surface area contributed by atoms with Crippen LogP contribution in [0.2, 0.25) is 18.1 Å². The topological polar surface area (TPSA) is 38.7 Å². The zero-order valence-electron chi connectivity index (χ0n) is 14.4. The van der Waals surface area contributed by atoms with Crippen LogP contribution < -0.4 is 0 Å². The highest BCUT2D eigenvalue weighted by Crippen LogP contribution is 2.56. The summed E-state index contributed by atoms with van der Waals surface area (Å²) in [7, 11) is -1.90. The standard InChI is InChI=1S/C16H32O3Si/c1-11(2)16-10-9-15(6,19-16)13(12(16)17)18-20(7,8)14(3,4)5/h11-13,17H,9-10H2,1-8H3/t12-,13-,15+,16+/m1/s1. The summed E-state index contributed by atoms with van der Waals surface area (Å²) in [5, 5.41) is 11.0. The van der Waals surface area contributed by atoms with Gasteiger partial charge in [-0.05, 0) is 43.8 Å². The number of aliphatic hydroxyl groups is 1. The molecule has 2 heterocycles. The Morgan fingerprint density at radius 2 is 1.80 bits per heavy atom. The molecule has 2 saturated heterocycles. The molecule has 0 aromatic rings. The fourth-order valence-electron chi connectivity index (χ4n) is 3.41. The molecule has 0 radical (unpaired) electrons. The molecule has 2 aliphatic rings. The molecule has 3 nitrogen and oxygen atoms in total. The van der Waals surface area contributed by atoms with E-state index < -0.39 is 20.0 Å². The second-order valence-electron chi connectivity index (χ2n) is 8.77. The van der Waals surface area contributed by atoms with Gasteiger partial charge in [0.15, 0.2) is 8.32 Å². The predicted molar refractivity (Wildman–Crippen MR) is 84.4 cm³/mol. The summed E-state index contributed by atoms with van der Waals surface area (Å²) in [4.78, 5) is 0. The van der Waals surface area contributed by atoms with E-state index in [4.69, 9.17) is 9.16 Å². The molecule has 0 aromatic carbocycles. The average Bonchev–Trinajstić information content (AvgIpc) is 2.72. The molecule has 2 fully saturated rings. The van der Waals surface area contributed by atoms with Gasteiger partial charge in [0.1, 0.15) is 12.2 Å². The number of ether oxygens (including phenoxy) is 1. The third kappa shape index (κ3) is 2.19. The van der Waals surface area contributed by atoms with Crippen LogP contribution in [-0.2, 0) is 9.16 Å². The molecule has 2 rings (SSSR count). The first kappa shape index (κ1) is 16.5. The van der Waals surface area contributed by atoms with Gasteiger partial charge in [0.05, 0.1) is 11.2 Å². The van der Waals surface area contributed by atoms with Gasteiger partial charge in [0.2, 0.25) is 0 Å². The molecule has 0 aliphatic carbocycles. The molecule has 118 valence electrons. The van der Waals surface area contributed by atoms with Crippen molar-refractivity contribution < 1.29 is 14.3 Å². The minimum atomic E-state index is -1.90. The monoisotopic (exact) mass is 300 g/mol. The number of hydrogen-bond donors (Lipinski definition) is 1. The van der Waals surface area contributed by atoms with E-state index in [1.165, 1.54) is 0 Å². The Bertz CT molecular complexity index is 388. The molecular weight excluding hydrogens is 268 g/mol. The van der Waals surface area contributed by atoms with Gasteiger partial charge in [-0.3, -0.25) is 0 Å². The summed E-state index contributed by atoms with van der Waals surface area (Å²) >= 11 is 0. The largest absolute Gasteiger partial charge is 0.408 e. The maximum Gasteiger partial charge on any atom is 0.192 e. The van der Waals surface area contributed by atoms with Crippen molar-refractivity contribution >= 4 is 8.32 Å². The van der Waals surface area contributed by atoms with Crippen molar-refractivity contribution in [1.29, 1.82) is 0 Å². The molecule has 2 bridgehead atoms. The van der Waals surface area contributed by atoms with Crippen LogP contribution >= 0.6 is 0 Å². The van der Waals surface area contributed by atoms with Crippen molar-refractivity contribution in [2.24, 2.45) is 5.92 Å². The average molecular weight is 301 g/mol. The maximum atomic E-state index is 10.9. The van der Waals surface area contributed by atoms with E-state index in [2.05, 4.69) is 54.6 Å². The first-order valence-corrected chi connectivity index (χ1v) is 10.8. The van der Waals surface area contributed by atoms with E-state index in [-0.39, 0.29) is 16.7 Å². The van der Waals surface area contributed by atoms with Crippen LogP contribution in [0.1, 0.15) is 54.4 Å². The van der Waals surface area contributed by atoms with Gasteiger partial charge in [0, 0.05) is 0 Å². The molecule has 2 aliphatic heterocycles. The number of rotatable bonds is 3. The van der Waals surface area contributed by atoms with E-state index in [0.717, 1.165) is 12.8 Å². The van der Waals surface area contributed by atoms with Crippen LogP contribution in [0.4, 0.5) is 0 Å². The lowest BCUT2D eigenvalue weighted by Gasteiger charge is -2.44. The normalized spacial score (nSPS) is 41.7. The number of hydrogen-bond acceptors (Lipinski definition) is 3. The second kappa shape index (κ2) is 4.54. The maximum absolute atomic E-state index is 10.9. The summed E-state index contributed by atoms with van der Waals surface area (Å²) in [6, 6.07) is 0. The Labute approximate surface area is 125 Å². The van der Waals surface area contributed by atoms with Gasteiger partial charge < -0.3 is 14.3 Å². The Hall–Kier alpha value is 0.0969. The third-order valence-electron chi connectivity index (χ3n) is 6.03. The Morgan fingerprint density at radius 3 is 2.20 bits per heavy atom. The lowest BCUT2D eigenvalue weighted by Crippen LogP contribution is -2.56. The van der Waals surface area contributed by atoms with Crippen LogP contribution in [0.15, 0.2) is 0 Å². The highest BCUT2D eigenvalue weighted by atomic mass is 28.4. The van der Waals surface area contributed by atoms with Crippen LogP contribution in [0, 0.1) is 5.92 Å². The van der Waals surface area contributed by atoms with Crippen molar-refractivity contribution in [2.45, 2.75) is 95.9 Å². The van der Waals surface area contributed by atoms with Crippen molar-refractivity contribution in [2.75, 3.05) is 0 Å². The third-order valence-corrected chi connectivity index (χ3v) is 10.5. The SMILES string of the molecule is CC(C)[C@]12CC[C@](C)(O1)[C@H](O[Si](C)(C)C(C)(C)C)[C@H]2O. The van der Waals surface area contributed by atoms with E-state index in [1.807, 2.05) is 0 Å². The first-order chi connectivity index (χ1) is 8.86. The van der Waals surface area contributed by atoms with Crippen LogP contribution in [0.5, 0.6) is 0 Å². The van der Waals surface area contributed by atoms with E-state index in [1.54, 1.807) is 0 Å². The van der Waals surface area contributed by atoms with E-state index in [9.17, 15) is 5.11 Å². The molecule has 0 aromatic heterocycles. The highest BCUT2D eigenvalue weighted by molar-refractivity contribution is 6.74. The molecule has 4 atom stereocenters. The van der Waals surface area contributed by atoms with Crippen LogP contribution in [-0.4, -0.2) is 36.8 Å². The molecule has 4 heteroatoms. The highest BCUT2D eigenvalue weighted by Gasteiger charge is 2.67. The quantitative estimate of drug-likeness (QED) is 0.807. The molecule has 0 saturated carbocycles. The van der Waals surface area contributed by atoms with Gasteiger partial charge in [-0.1, -0.05) is 34.6 Å². The molecular formula is C16H32O3Si. The Kier molecular flexibility index (Phi) is 3.74. The molecule has 0 amide bonds. The first-order valence-electron chi connectivity index (χ1n) is 7.92. The minimum absolute atomic E-state index is 0.149. The number of aliphatic hydroxyl groups excluding tert-OH is 1. The fourth-order valence-corrected chi connectivity index (χ4v) is 4.78. The molecule has 1 N–H and O–H groups in total. The van der Waals surface area contributed by atoms with Crippen molar-refractivity contribution in [1.82, 2.24) is 0 Å². The summed E-state index contributed by atoms with van der Waals surface area (Å²) in [5.41, 5.74) is -0.721. The smallest absolute Gasteiger partial charge is 0.192 e. The summed E-state index contributed by atoms with van der Waals surface area (Å²) in [6.45, 7) is 17.6. The molecule has 0 unspecified atom stereocenters. The van der Waals surface area contributed by atoms with E-state index in [0.29, 0.717) is 5.92 Å². The van der Waals surface area contributed by atoms with Gasteiger partial charge in [-0.2, -0.15) is 0 Å². The molecule has 0 spiro atoms. The van der Waals surface area contributed by atoms with Gasteiger partial charge in [-0.25, -0.2) is 0 Å². The van der Waals surface area contributed by atoms with Crippen LogP contribution in [0.25, 0.3) is 0 Å². The summed E-state index contributed by atoms with van der Waals surface area (Å²) < 4.78 is 12.9. The Morgan fingerprint density at radius 1 is 1.25 bits per heavy atom. The zero-order valence-corrected chi connectivity index (χ0v) is 15.4. The number of fused-ring (bicyclic) bond motifs is 2. The fraction of sp³-hybridized carbons (Fsp3) is 1.00. The minimum Gasteiger partial charge on any atom is -0.408 e. The van der Waals surface area contributed by atoms with Crippen molar-refractivity contribution in [3.8, 4) is 0 Å². The van der Waals surface area contributed by atoms with Gasteiger partial charge in [-0.15, -0.1) is 0 Å². The van der Waals surface area contributed by atoms with Gasteiger partial charge in [0.25, 0.3) is 0 Å². The lowest BCUT2D eigenvalue weighted by molar-refractivity contribution is -0.0974.